The lowest BCUT2D eigenvalue weighted by molar-refractivity contribution is -0.145. The van der Waals surface area contributed by atoms with E-state index < -0.39 is 12.0 Å². The molecule has 0 aromatic rings. The molecule has 0 aromatic carbocycles. The van der Waals surface area contributed by atoms with Crippen molar-refractivity contribution in [1.29, 1.82) is 0 Å². The van der Waals surface area contributed by atoms with E-state index in [9.17, 15) is 9.59 Å². The van der Waals surface area contributed by atoms with Crippen molar-refractivity contribution in [3.63, 3.8) is 0 Å². The van der Waals surface area contributed by atoms with E-state index >= 15 is 0 Å². The second-order valence-electron chi connectivity index (χ2n) is 3.33. The van der Waals surface area contributed by atoms with Gasteiger partial charge in [-0.2, -0.15) is 0 Å². The molecule has 0 heterocycles. The Bertz CT molecular complexity index is 233. The van der Waals surface area contributed by atoms with Crippen molar-refractivity contribution in [3.8, 4) is 0 Å². The van der Waals surface area contributed by atoms with Crippen LogP contribution in [0.25, 0.3) is 0 Å². The highest BCUT2D eigenvalue weighted by Crippen LogP contribution is 2.00. The third-order valence-electron chi connectivity index (χ3n) is 2.18. The molecule has 2 N–H and O–H groups in total. The van der Waals surface area contributed by atoms with Gasteiger partial charge >= 0.3 is 5.97 Å². The van der Waals surface area contributed by atoms with E-state index in [1.807, 2.05) is 13.8 Å². The number of nitrogens with one attached hydrogen (secondary N) is 1. The summed E-state index contributed by atoms with van der Waals surface area (Å²) < 4.78 is 4.84. The number of carbonyl (C=O) groups excluding carboxylic acids is 1. The summed E-state index contributed by atoms with van der Waals surface area (Å²) in [6.07, 6.45) is 0. The van der Waals surface area contributed by atoms with Gasteiger partial charge in [-0.1, -0.05) is 6.92 Å². The molecule has 0 aromatic heterocycles. The van der Waals surface area contributed by atoms with Crippen molar-refractivity contribution in [2.45, 2.75) is 19.9 Å². The first-order valence-electron chi connectivity index (χ1n) is 5.29. The van der Waals surface area contributed by atoms with E-state index in [0.717, 1.165) is 0 Å². The fourth-order valence-electron chi connectivity index (χ4n) is 1.37. The Balaban J connectivity index is 4.42. The normalized spacial score (nSPS) is 12.5. The number of carboxylic acid groups (broad SMARTS) is 1. The molecule has 0 saturated carbocycles. The quantitative estimate of drug-likeness (QED) is 0.592. The number of aliphatic carboxylic acids is 1. The predicted octanol–water partition coefficient (Wildman–Crippen LogP) is -0.456. The lowest BCUT2D eigenvalue weighted by Crippen LogP contribution is -2.48. The first kappa shape index (κ1) is 14.9. The number of ether oxygens (including phenoxy) is 1. The lowest BCUT2D eigenvalue weighted by Gasteiger charge is -2.26. The number of hydrogen-bond acceptors (Lipinski definition) is 4. The number of hydrogen-bond donors (Lipinski definition) is 2. The number of carbonyl (C=O) groups is 2. The molecule has 0 bridgehead atoms. The van der Waals surface area contributed by atoms with Crippen molar-refractivity contribution < 1.29 is 19.4 Å². The first-order chi connectivity index (χ1) is 7.56. The third kappa shape index (κ3) is 5.09. The molecule has 1 unspecified atom stereocenters. The SMILES string of the molecule is CCNC(=O)CN(CC)C(COC)C(=O)O. The Morgan fingerprint density at radius 1 is 1.44 bits per heavy atom. The average molecular weight is 232 g/mol. The van der Waals surface area contributed by atoms with Crippen LogP contribution in [0, 0.1) is 0 Å². The second-order valence-corrected chi connectivity index (χ2v) is 3.33. The van der Waals surface area contributed by atoms with Gasteiger partial charge in [-0.3, -0.25) is 14.5 Å². The van der Waals surface area contributed by atoms with Crippen LogP contribution in [0.1, 0.15) is 13.8 Å². The molecule has 0 fully saturated rings. The van der Waals surface area contributed by atoms with Crippen LogP contribution in [0.15, 0.2) is 0 Å². The maximum absolute atomic E-state index is 11.4. The minimum absolute atomic E-state index is 0.0720. The molecule has 16 heavy (non-hydrogen) atoms. The smallest absolute Gasteiger partial charge is 0.323 e. The van der Waals surface area contributed by atoms with Crippen LogP contribution in [0.5, 0.6) is 0 Å². The van der Waals surface area contributed by atoms with Gasteiger partial charge in [-0.05, 0) is 13.5 Å². The van der Waals surface area contributed by atoms with Crippen LogP contribution < -0.4 is 5.32 Å². The van der Waals surface area contributed by atoms with E-state index in [1.54, 1.807) is 4.90 Å². The van der Waals surface area contributed by atoms with Gasteiger partial charge in [0.2, 0.25) is 5.91 Å². The van der Waals surface area contributed by atoms with Crippen molar-refractivity contribution in [1.82, 2.24) is 10.2 Å². The van der Waals surface area contributed by atoms with Gasteiger partial charge in [0.15, 0.2) is 0 Å². The van der Waals surface area contributed by atoms with Crippen LogP contribution in [-0.4, -0.2) is 61.3 Å². The molecular weight excluding hydrogens is 212 g/mol. The summed E-state index contributed by atoms with van der Waals surface area (Å²) in [5.41, 5.74) is 0. The molecule has 0 saturated heterocycles. The summed E-state index contributed by atoms with van der Waals surface area (Å²) in [6.45, 7) is 4.80. The molecule has 0 aliphatic carbocycles. The molecule has 0 rings (SSSR count). The van der Waals surface area contributed by atoms with Gasteiger partial charge in [0.05, 0.1) is 13.2 Å². The zero-order valence-corrected chi connectivity index (χ0v) is 10.0. The van der Waals surface area contributed by atoms with Crippen LogP contribution in [0.4, 0.5) is 0 Å². The predicted molar refractivity (Wildman–Crippen MR) is 59.2 cm³/mol. The fraction of sp³-hybridized carbons (Fsp3) is 0.800. The molecule has 6 heteroatoms. The van der Waals surface area contributed by atoms with Gasteiger partial charge in [-0.15, -0.1) is 0 Å². The maximum Gasteiger partial charge on any atom is 0.323 e. The Morgan fingerprint density at radius 3 is 2.44 bits per heavy atom. The Morgan fingerprint density at radius 2 is 2.06 bits per heavy atom. The molecule has 6 nitrogen and oxygen atoms in total. The monoisotopic (exact) mass is 232 g/mol. The number of likely N-dealkylation sites (N-methyl/N-ethyl adjacent to an activating group) is 2. The van der Waals surface area contributed by atoms with E-state index in [4.69, 9.17) is 9.84 Å². The zero-order valence-electron chi connectivity index (χ0n) is 10.0. The standard InChI is InChI=1S/C10H20N2O4/c1-4-11-9(13)6-12(5-2)8(7-16-3)10(14)15/h8H,4-7H2,1-3H3,(H,11,13)(H,14,15). The number of amides is 1. The highest BCUT2D eigenvalue weighted by atomic mass is 16.5. The summed E-state index contributed by atoms with van der Waals surface area (Å²) >= 11 is 0. The zero-order chi connectivity index (χ0) is 12.6. The Hall–Kier alpha value is -1.14. The number of methoxy groups -OCH3 is 1. The molecular formula is C10H20N2O4. The molecule has 94 valence electrons. The van der Waals surface area contributed by atoms with E-state index in [1.165, 1.54) is 7.11 Å². The lowest BCUT2D eigenvalue weighted by atomic mass is 10.2. The van der Waals surface area contributed by atoms with Crippen LogP contribution in [-0.2, 0) is 14.3 Å². The number of nitrogens with zero attached hydrogens (tertiary/aromatic N) is 1. The average Bonchev–Trinajstić information content (AvgIpc) is 2.23. The van der Waals surface area contributed by atoms with Gasteiger partial charge in [-0.25, -0.2) is 0 Å². The van der Waals surface area contributed by atoms with E-state index in [2.05, 4.69) is 5.32 Å². The van der Waals surface area contributed by atoms with Crippen LogP contribution in [0.2, 0.25) is 0 Å². The minimum atomic E-state index is -0.979. The summed E-state index contributed by atoms with van der Waals surface area (Å²) in [5, 5.41) is 11.6. The molecule has 1 atom stereocenters. The van der Waals surface area contributed by atoms with Crippen molar-refractivity contribution in [2.24, 2.45) is 0 Å². The van der Waals surface area contributed by atoms with Gasteiger partial charge < -0.3 is 15.2 Å². The maximum atomic E-state index is 11.4. The highest BCUT2D eigenvalue weighted by molar-refractivity contribution is 5.79. The molecule has 0 radical (unpaired) electrons. The van der Waals surface area contributed by atoms with E-state index in [0.29, 0.717) is 13.1 Å². The first-order valence-corrected chi connectivity index (χ1v) is 5.29. The Labute approximate surface area is 95.6 Å². The fourth-order valence-corrected chi connectivity index (χ4v) is 1.37. The second kappa shape index (κ2) is 8.06. The van der Waals surface area contributed by atoms with Crippen molar-refractivity contribution >= 4 is 11.9 Å². The minimum Gasteiger partial charge on any atom is -0.480 e. The summed E-state index contributed by atoms with van der Waals surface area (Å²) in [6, 6.07) is -0.780. The third-order valence-corrected chi connectivity index (χ3v) is 2.18. The van der Waals surface area contributed by atoms with E-state index in [-0.39, 0.29) is 19.1 Å². The highest BCUT2D eigenvalue weighted by Gasteiger charge is 2.25. The van der Waals surface area contributed by atoms with Crippen LogP contribution >= 0.6 is 0 Å². The molecule has 0 aliphatic rings. The van der Waals surface area contributed by atoms with Gasteiger partial charge in [0.1, 0.15) is 6.04 Å². The molecule has 0 aliphatic heterocycles. The van der Waals surface area contributed by atoms with Crippen molar-refractivity contribution in [3.05, 3.63) is 0 Å². The van der Waals surface area contributed by atoms with Gasteiger partial charge in [0, 0.05) is 13.7 Å². The Kier molecular flexibility index (Phi) is 7.49. The van der Waals surface area contributed by atoms with Crippen LogP contribution in [0.3, 0.4) is 0 Å². The largest absolute Gasteiger partial charge is 0.480 e. The molecule has 1 amide bonds. The summed E-state index contributed by atoms with van der Waals surface area (Å²) in [7, 11) is 1.44. The topological polar surface area (TPSA) is 78.9 Å². The summed E-state index contributed by atoms with van der Waals surface area (Å²) in [4.78, 5) is 23.9. The van der Waals surface area contributed by atoms with Gasteiger partial charge in [0.25, 0.3) is 0 Å². The number of rotatable bonds is 8. The molecule has 0 spiro atoms. The summed E-state index contributed by atoms with van der Waals surface area (Å²) in [5.74, 6) is -1.15. The van der Waals surface area contributed by atoms with Crippen molar-refractivity contribution in [2.75, 3.05) is 33.4 Å². The number of carboxylic acids is 1.